The third-order valence-electron chi connectivity index (χ3n) is 3.33. The lowest BCUT2D eigenvalue weighted by molar-refractivity contribution is 0.217. The number of aliphatic hydroxyl groups excluding tert-OH is 1. The van der Waals surface area contributed by atoms with Gasteiger partial charge in [-0.25, -0.2) is 8.42 Å². The average Bonchev–Trinajstić information content (AvgIpc) is 2.97. The summed E-state index contributed by atoms with van der Waals surface area (Å²) < 4.78 is 28.2. The van der Waals surface area contributed by atoms with Gasteiger partial charge in [0.2, 0.25) is 0 Å². The summed E-state index contributed by atoms with van der Waals surface area (Å²) >= 11 is 0. The third kappa shape index (κ3) is 3.93. The number of furan rings is 1. The summed E-state index contributed by atoms with van der Waals surface area (Å²) in [7, 11) is -3.18. The van der Waals surface area contributed by atoms with E-state index in [0.29, 0.717) is 10.7 Å². The van der Waals surface area contributed by atoms with Crippen LogP contribution in [0.2, 0.25) is 0 Å². The van der Waals surface area contributed by atoms with Crippen LogP contribution in [0, 0.1) is 0 Å². The number of benzene rings is 1. The van der Waals surface area contributed by atoms with E-state index < -0.39 is 9.84 Å². The fraction of sp³-hybridized carbons (Fsp3) is 0.333. The van der Waals surface area contributed by atoms with Crippen LogP contribution in [-0.2, 0) is 9.84 Å². The molecule has 1 aromatic carbocycles. The highest BCUT2D eigenvalue weighted by Crippen LogP contribution is 2.21. The van der Waals surface area contributed by atoms with Crippen LogP contribution >= 0.6 is 0 Å². The summed E-state index contributed by atoms with van der Waals surface area (Å²) in [5, 5.41) is 12.7. The lowest BCUT2D eigenvalue weighted by Gasteiger charge is -2.20. The van der Waals surface area contributed by atoms with Gasteiger partial charge in [-0.05, 0) is 36.8 Å². The monoisotopic (exact) mass is 309 g/mol. The van der Waals surface area contributed by atoms with E-state index in [9.17, 15) is 13.5 Å². The van der Waals surface area contributed by atoms with Crippen molar-refractivity contribution < 1.29 is 17.9 Å². The summed E-state index contributed by atoms with van der Waals surface area (Å²) in [5.41, 5.74) is 0.937. The molecular formula is C15H19NO4S. The lowest BCUT2D eigenvalue weighted by Crippen LogP contribution is -2.27. The Bertz CT molecular complexity index is 662. The summed E-state index contributed by atoms with van der Waals surface area (Å²) in [5.74, 6) is 0.664. The zero-order chi connectivity index (χ0) is 15.5. The van der Waals surface area contributed by atoms with Crippen LogP contribution in [-0.4, -0.2) is 26.4 Å². The topological polar surface area (TPSA) is 79.5 Å². The quantitative estimate of drug-likeness (QED) is 0.854. The molecule has 0 fully saturated rings. The molecule has 5 nitrogen and oxygen atoms in total. The molecule has 0 amide bonds. The fourth-order valence-electron chi connectivity index (χ4n) is 2.12. The SMILES string of the molecule is CC(NC(CO)c1ccco1)c1ccc(S(C)(=O)=O)cc1. The molecule has 2 unspecified atom stereocenters. The van der Waals surface area contributed by atoms with Gasteiger partial charge < -0.3 is 9.52 Å². The summed E-state index contributed by atoms with van der Waals surface area (Å²) in [6, 6.07) is 9.92. The molecule has 0 saturated heterocycles. The molecule has 1 aromatic heterocycles. The van der Waals surface area contributed by atoms with Gasteiger partial charge in [-0.2, -0.15) is 0 Å². The first-order chi connectivity index (χ1) is 9.91. The number of rotatable bonds is 6. The Balaban J connectivity index is 2.11. The van der Waals surface area contributed by atoms with E-state index in [-0.39, 0.29) is 18.7 Å². The van der Waals surface area contributed by atoms with E-state index in [1.807, 2.05) is 6.92 Å². The molecule has 2 rings (SSSR count). The second-order valence-electron chi connectivity index (χ2n) is 4.98. The molecule has 0 aliphatic carbocycles. The first-order valence-corrected chi connectivity index (χ1v) is 8.51. The number of sulfone groups is 1. The van der Waals surface area contributed by atoms with Gasteiger partial charge in [0.05, 0.1) is 23.8 Å². The van der Waals surface area contributed by atoms with Gasteiger partial charge in [-0.3, -0.25) is 5.32 Å². The van der Waals surface area contributed by atoms with Crippen molar-refractivity contribution in [3.8, 4) is 0 Å². The lowest BCUT2D eigenvalue weighted by atomic mass is 10.1. The second kappa shape index (κ2) is 6.43. The third-order valence-corrected chi connectivity index (χ3v) is 4.46. The van der Waals surface area contributed by atoms with Gasteiger partial charge >= 0.3 is 0 Å². The number of nitrogens with one attached hydrogen (secondary N) is 1. The van der Waals surface area contributed by atoms with Crippen molar-refractivity contribution in [3.05, 3.63) is 54.0 Å². The molecular weight excluding hydrogens is 290 g/mol. The van der Waals surface area contributed by atoms with Crippen molar-refractivity contribution in [2.45, 2.75) is 23.9 Å². The predicted octanol–water partition coefficient (Wildman–Crippen LogP) is 2.07. The zero-order valence-electron chi connectivity index (χ0n) is 12.0. The van der Waals surface area contributed by atoms with Crippen molar-refractivity contribution in [1.29, 1.82) is 0 Å². The molecule has 6 heteroatoms. The summed E-state index contributed by atoms with van der Waals surface area (Å²) in [6.07, 6.45) is 2.74. The van der Waals surface area contributed by atoms with E-state index in [1.165, 1.54) is 6.26 Å². The van der Waals surface area contributed by atoms with Gasteiger partial charge in [0.25, 0.3) is 0 Å². The van der Waals surface area contributed by atoms with Crippen LogP contribution in [0.4, 0.5) is 0 Å². The molecule has 0 bridgehead atoms. The van der Waals surface area contributed by atoms with Gasteiger partial charge in [0.15, 0.2) is 9.84 Å². The van der Waals surface area contributed by atoms with Gasteiger partial charge in [0, 0.05) is 12.3 Å². The molecule has 2 aromatic rings. The van der Waals surface area contributed by atoms with Crippen LogP contribution in [0.3, 0.4) is 0 Å². The molecule has 114 valence electrons. The first-order valence-electron chi connectivity index (χ1n) is 6.62. The summed E-state index contributed by atoms with van der Waals surface area (Å²) in [6.45, 7) is 1.86. The van der Waals surface area contributed by atoms with E-state index >= 15 is 0 Å². The predicted molar refractivity (Wildman–Crippen MR) is 79.6 cm³/mol. The molecule has 0 aliphatic heterocycles. The van der Waals surface area contributed by atoms with E-state index in [0.717, 1.165) is 5.56 Å². The maximum Gasteiger partial charge on any atom is 0.175 e. The molecule has 2 N–H and O–H groups in total. The van der Waals surface area contributed by atoms with Crippen LogP contribution < -0.4 is 5.32 Å². The maximum atomic E-state index is 11.4. The number of hydrogen-bond acceptors (Lipinski definition) is 5. The largest absolute Gasteiger partial charge is 0.468 e. The molecule has 0 spiro atoms. The Labute approximate surface area is 124 Å². The van der Waals surface area contributed by atoms with Gasteiger partial charge in [0.1, 0.15) is 5.76 Å². The highest BCUT2D eigenvalue weighted by molar-refractivity contribution is 7.90. The smallest absolute Gasteiger partial charge is 0.175 e. The van der Waals surface area contributed by atoms with Crippen molar-refractivity contribution in [2.24, 2.45) is 0 Å². The van der Waals surface area contributed by atoms with Gasteiger partial charge in [-0.1, -0.05) is 12.1 Å². The van der Waals surface area contributed by atoms with Crippen LogP contribution in [0.5, 0.6) is 0 Å². The van der Waals surface area contributed by atoms with Crippen molar-refractivity contribution >= 4 is 9.84 Å². The number of aliphatic hydroxyl groups is 1. The Kier molecular flexibility index (Phi) is 4.82. The van der Waals surface area contributed by atoms with Crippen LogP contribution in [0.1, 0.15) is 30.3 Å². The highest BCUT2D eigenvalue weighted by atomic mass is 32.2. The minimum absolute atomic E-state index is 0.0548. The number of hydrogen-bond donors (Lipinski definition) is 2. The molecule has 21 heavy (non-hydrogen) atoms. The molecule has 1 heterocycles. The Hall–Kier alpha value is -1.63. The second-order valence-corrected chi connectivity index (χ2v) is 7.00. The van der Waals surface area contributed by atoms with Crippen molar-refractivity contribution in [1.82, 2.24) is 5.32 Å². The average molecular weight is 309 g/mol. The minimum atomic E-state index is -3.18. The summed E-state index contributed by atoms with van der Waals surface area (Å²) in [4.78, 5) is 0.295. The Morgan fingerprint density at radius 3 is 2.38 bits per heavy atom. The molecule has 0 aliphatic rings. The normalized spacial score (nSPS) is 14.8. The molecule has 2 atom stereocenters. The van der Waals surface area contributed by atoms with E-state index in [1.54, 1.807) is 42.7 Å². The fourth-order valence-corrected chi connectivity index (χ4v) is 2.75. The Morgan fingerprint density at radius 1 is 1.24 bits per heavy atom. The van der Waals surface area contributed by atoms with Crippen molar-refractivity contribution in [3.63, 3.8) is 0 Å². The minimum Gasteiger partial charge on any atom is -0.468 e. The zero-order valence-corrected chi connectivity index (χ0v) is 12.8. The van der Waals surface area contributed by atoms with Gasteiger partial charge in [-0.15, -0.1) is 0 Å². The highest BCUT2D eigenvalue weighted by Gasteiger charge is 2.17. The molecule has 0 saturated carbocycles. The van der Waals surface area contributed by atoms with Crippen LogP contribution in [0.15, 0.2) is 52.0 Å². The van der Waals surface area contributed by atoms with E-state index in [4.69, 9.17) is 4.42 Å². The van der Waals surface area contributed by atoms with Crippen molar-refractivity contribution in [2.75, 3.05) is 12.9 Å². The van der Waals surface area contributed by atoms with E-state index in [2.05, 4.69) is 5.32 Å². The first kappa shape index (κ1) is 15.8. The van der Waals surface area contributed by atoms with Crippen LogP contribution in [0.25, 0.3) is 0 Å². The maximum absolute atomic E-state index is 11.4. The molecule has 0 radical (unpaired) electrons. The Morgan fingerprint density at radius 2 is 1.90 bits per heavy atom. The standard InChI is InChI=1S/C15H19NO4S/c1-11(16-14(10-17)15-4-3-9-20-15)12-5-7-13(8-6-12)21(2,18)19/h3-9,11,14,16-17H,10H2,1-2H3.